The first-order valence-electron chi connectivity index (χ1n) is 8.20. The third-order valence-electron chi connectivity index (χ3n) is 3.81. The van der Waals surface area contributed by atoms with Gasteiger partial charge in [0.25, 0.3) is 5.91 Å². The molecule has 28 heavy (non-hydrogen) atoms. The second kappa shape index (κ2) is 8.13. The number of para-hydroxylation sites is 2. The fraction of sp³-hybridized carbons (Fsp3) is 0.222. The average molecular weight is 422 g/mol. The van der Waals surface area contributed by atoms with Gasteiger partial charge in [0.15, 0.2) is 23.2 Å². The fourth-order valence-corrected chi connectivity index (χ4v) is 4.29. The van der Waals surface area contributed by atoms with Crippen LogP contribution in [-0.2, 0) is 14.8 Å². The van der Waals surface area contributed by atoms with E-state index in [4.69, 9.17) is 9.47 Å². The Labute approximate surface area is 166 Å². The van der Waals surface area contributed by atoms with E-state index in [1.807, 2.05) is 0 Å². The number of benzene rings is 2. The number of amides is 1. The van der Waals surface area contributed by atoms with Gasteiger partial charge in [-0.15, -0.1) is 0 Å². The van der Waals surface area contributed by atoms with E-state index in [0.717, 1.165) is 4.31 Å². The molecule has 1 amide bonds. The van der Waals surface area contributed by atoms with Crippen molar-refractivity contribution < 1.29 is 22.7 Å². The molecule has 0 fully saturated rings. The van der Waals surface area contributed by atoms with Crippen LogP contribution in [0.25, 0.3) is 10.2 Å². The molecular weight excluding hydrogens is 402 g/mol. The maximum atomic E-state index is 12.2. The van der Waals surface area contributed by atoms with Crippen molar-refractivity contribution in [3.63, 3.8) is 0 Å². The largest absolute Gasteiger partial charge is 0.493 e. The molecule has 0 saturated heterocycles. The molecule has 10 heteroatoms. The second-order valence-electron chi connectivity index (χ2n) is 5.92. The summed E-state index contributed by atoms with van der Waals surface area (Å²) in [6.45, 7) is -0.212. The Hall–Kier alpha value is -2.69. The highest BCUT2D eigenvalue weighted by molar-refractivity contribution is 7.89. The summed E-state index contributed by atoms with van der Waals surface area (Å²) < 4.78 is 36.9. The first-order valence-corrected chi connectivity index (χ1v) is 10.5. The number of thiazole rings is 1. The minimum atomic E-state index is -3.54. The number of ether oxygens (including phenoxy) is 2. The number of fused-ring (bicyclic) bond motifs is 1. The van der Waals surface area contributed by atoms with E-state index in [-0.39, 0.29) is 17.4 Å². The molecule has 1 heterocycles. The van der Waals surface area contributed by atoms with Gasteiger partial charge in [0, 0.05) is 14.1 Å². The molecule has 0 spiro atoms. The summed E-state index contributed by atoms with van der Waals surface area (Å²) in [5, 5.41) is 3.03. The monoisotopic (exact) mass is 421 g/mol. The lowest BCUT2D eigenvalue weighted by molar-refractivity contribution is -0.118. The van der Waals surface area contributed by atoms with Crippen molar-refractivity contribution in [1.29, 1.82) is 0 Å². The molecule has 1 aromatic heterocycles. The summed E-state index contributed by atoms with van der Waals surface area (Å²) in [5.41, 5.74) is 0.601. The van der Waals surface area contributed by atoms with Crippen LogP contribution in [0.2, 0.25) is 0 Å². The Kier molecular flexibility index (Phi) is 5.82. The number of hydrogen-bond donors (Lipinski definition) is 1. The van der Waals surface area contributed by atoms with Crippen molar-refractivity contribution in [2.45, 2.75) is 4.90 Å². The van der Waals surface area contributed by atoms with Crippen LogP contribution in [0, 0.1) is 0 Å². The zero-order chi connectivity index (χ0) is 20.3. The molecule has 0 saturated carbocycles. The third kappa shape index (κ3) is 4.24. The van der Waals surface area contributed by atoms with Crippen LogP contribution >= 0.6 is 11.3 Å². The zero-order valence-corrected chi connectivity index (χ0v) is 17.1. The molecular formula is C18H19N3O5S2. The average Bonchev–Trinajstić information content (AvgIpc) is 3.07. The number of hydrogen-bond acceptors (Lipinski definition) is 7. The number of rotatable bonds is 7. The fourth-order valence-electron chi connectivity index (χ4n) is 2.37. The maximum absolute atomic E-state index is 12.2. The van der Waals surface area contributed by atoms with Gasteiger partial charge < -0.3 is 9.47 Å². The number of nitrogens with one attached hydrogen (secondary N) is 1. The number of aromatic nitrogens is 1. The van der Waals surface area contributed by atoms with Gasteiger partial charge in [-0.2, -0.15) is 0 Å². The minimum Gasteiger partial charge on any atom is -0.493 e. The van der Waals surface area contributed by atoms with E-state index < -0.39 is 10.0 Å². The summed E-state index contributed by atoms with van der Waals surface area (Å²) in [5.74, 6) is 0.610. The van der Waals surface area contributed by atoms with Crippen LogP contribution in [0.4, 0.5) is 5.13 Å². The van der Waals surface area contributed by atoms with Crippen molar-refractivity contribution in [1.82, 2.24) is 9.29 Å². The normalized spacial score (nSPS) is 11.6. The smallest absolute Gasteiger partial charge is 0.264 e. The van der Waals surface area contributed by atoms with Gasteiger partial charge >= 0.3 is 0 Å². The summed E-state index contributed by atoms with van der Waals surface area (Å²) >= 11 is 1.19. The van der Waals surface area contributed by atoms with Crippen LogP contribution < -0.4 is 14.8 Å². The number of methoxy groups -OCH3 is 1. The molecule has 8 nitrogen and oxygen atoms in total. The maximum Gasteiger partial charge on any atom is 0.264 e. The highest BCUT2D eigenvalue weighted by atomic mass is 32.2. The van der Waals surface area contributed by atoms with Crippen molar-refractivity contribution >= 4 is 42.6 Å². The van der Waals surface area contributed by atoms with Crippen LogP contribution in [0.3, 0.4) is 0 Å². The van der Waals surface area contributed by atoms with Gasteiger partial charge in [-0.05, 0) is 30.3 Å². The van der Waals surface area contributed by atoms with Crippen LogP contribution in [0.5, 0.6) is 11.5 Å². The van der Waals surface area contributed by atoms with Crippen molar-refractivity contribution in [3.05, 3.63) is 42.5 Å². The molecule has 0 unspecified atom stereocenters. The SMILES string of the molecule is COc1ccccc1OCC(=O)Nc1nc2ccc(S(=O)(=O)N(C)C)cc2s1. The summed E-state index contributed by atoms with van der Waals surface area (Å²) in [7, 11) is 0.931. The first-order chi connectivity index (χ1) is 13.3. The summed E-state index contributed by atoms with van der Waals surface area (Å²) in [6.07, 6.45) is 0. The number of carbonyl (C=O) groups excluding carboxylic acids is 1. The van der Waals surface area contributed by atoms with Crippen LogP contribution in [0.1, 0.15) is 0 Å². The Morgan fingerprint density at radius 2 is 1.89 bits per heavy atom. The zero-order valence-electron chi connectivity index (χ0n) is 15.5. The Morgan fingerprint density at radius 1 is 1.18 bits per heavy atom. The highest BCUT2D eigenvalue weighted by Crippen LogP contribution is 2.29. The van der Waals surface area contributed by atoms with E-state index >= 15 is 0 Å². The van der Waals surface area contributed by atoms with Gasteiger partial charge in [-0.1, -0.05) is 23.5 Å². The van der Waals surface area contributed by atoms with Gasteiger partial charge in [-0.25, -0.2) is 17.7 Å². The number of carbonyl (C=O) groups is 1. The molecule has 3 aromatic rings. The van der Waals surface area contributed by atoms with Gasteiger partial charge in [0.05, 0.1) is 22.2 Å². The Balaban J connectivity index is 1.71. The van der Waals surface area contributed by atoms with Crippen molar-refractivity contribution in [2.75, 3.05) is 33.1 Å². The van der Waals surface area contributed by atoms with Crippen molar-refractivity contribution in [2.24, 2.45) is 0 Å². The predicted molar refractivity (Wildman–Crippen MR) is 108 cm³/mol. The summed E-state index contributed by atoms with van der Waals surface area (Å²) in [6, 6.07) is 11.7. The Bertz CT molecular complexity index is 1110. The molecule has 2 aromatic carbocycles. The van der Waals surface area contributed by atoms with E-state index in [1.165, 1.54) is 38.6 Å². The van der Waals surface area contributed by atoms with Crippen LogP contribution in [0.15, 0.2) is 47.4 Å². The molecule has 0 atom stereocenters. The Morgan fingerprint density at radius 3 is 2.57 bits per heavy atom. The molecule has 0 aliphatic heterocycles. The highest BCUT2D eigenvalue weighted by Gasteiger charge is 2.18. The lowest BCUT2D eigenvalue weighted by Crippen LogP contribution is -2.22. The molecule has 3 rings (SSSR count). The topological polar surface area (TPSA) is 97.8 Å². The molecule has 0 aliphatic carbocycles. The molecule has 0 bridgehead atoms. The molecule has 0 radical (unpaired) electrons. The van der Waals surface area contributed by atoms with Gasteiger partial charge in [0.1, 0.15) is 0 Å². The lowest BCUT2D eigenvalue weighted by atomic mass is 10.3. The van der Waals surface area contributed by atoms with Gasteiger partial charge in [0.2, 0.25) is 10.0 Å². The van der Waals surface area contributed by atoms with E-state index in [0.29, 0.717) is 26.8 Å². The van der Waals surface area contributed by atoms with Gasteiger partial charge in [-0.3, -0.25) is 10.1 Å². The van der Waals surface area contributed by atoms with E-state index in [2.05, 4.69) is 10.3 Å². The number of anilines is 1. The number of nitrogens with zero attached hydrogens (tertiary/aromatic N) is 2. The van der Waals surface area contributed by atoms with E-state index in [1.54, 1.807) is 36.4 Å². The second-order valence-corrected chi connectivity index (χ2v) is 9.11. The lowest BCUT2D eigenvalue weighted by Gasteiger charge is -2.10. The molecule has 0 aliphatic rings. The number of sulfonamides is 1. The summed E-state index contributed by atoms with van der Waals surface area (Å²) in [4.78, 5) is 16.6. The molecule has 148 valence electrons. The predicted octanol–water partition coefficient (Wildman–Crippen LogP) is 2.57. The first kappa shape index (κ1) is 20.1. The third-order valence-corrected chi connectivity index (χ3v) is 6.56. The quantitative estimate of drug-likeness (QED) is 0.630. The standard InChI is InChI=1S/C18H19N3O5S2/c1-21(2)28(23,24)12-8-9-13-16(10-12)27-18(19-13)20-17(22)11-26-15-7-5-4-6-14(15)25-3/h4-10H,11H2,1-3H3,(H,19,20,22). The van der Waals surface area contributed by atoms with Crippen molar-refractivity contribution in [3.8, 4) is 11.5 Å². The minimum absolute atomic E-state index is 0.172. The molecule has 1 N–H and O–H groups in total. The van der Waals surface area contributed by atoms with Crippen LogP contribution in [-0.4, -0.2) is 51.4 Å². The van der Waals surface area contributed by atoms with E-state index in [9.17, 15) is 13.2 Å².